The summed E-state index contributed by atoms with van der Waals surface area (Å²) in [5, 5.41) is 7.77. The Morgan fingerprint density at radius 1 is 0.594 bits per heavy atom. The predicted octanol–water partition coefficient (Wildman–Crippen LogP) is 4.82. The van der Waals surface area contributed by atoms with Crippen LogP contribution in [0.3, 0.4) is 0 Å². The van der Waals surface area contributed by atoms with Crippen LogP contribution in [0.2, 0.25) is 0 Å². The van der Waals surface area contributed by atoms with Crippen molar-refractivity contribution in [3.05, 3.63) is 70.8 Å². The molecule has 0 aromatic heterocycles. The minimum Gasteiger partial charge on any atom is -0.375 e. The second-order valence-corrected chi connectivity index (χ2v) is 11.1. The number of hydrogen-bond donors (Lipinski definition) is 2. The van der Waals surface area contributed by atoms with Crippen LogP contribution in [-0.2, 0) is 9.47 Å². The van der Waals surface area contributed by atoms with Crippen molar-refractivity contribution >= 4 is 0 Å². The molecule has 0 saturated heterocycles. The summed E-state index contributed by atoms with van der Waals surface area (Å²) in [7, 11) is 0. The molecular formula is C28H40N2O2. The number of ether oxygens (including phenoxy) is 2. The van der Waals surface area contributed by atoms with Crippen molar-refractivity contribution in [1.29, 1.82) is 0 Å². The molecule has 0 unspecified atom stereocenters. The van der Waals surface area contributed by atoms with Gasteiger partial charge in [-0.3, -0.25) is 0 Å². The van der Waals surface area contributed by atoms with Gasteiger partial charge in [0.25, 0.3) is 0 Å². The van der Waals surface area contributed by atoms with Crippen LogP contribution in [-0.4, -0.2) is 49.6 Å². The van der Waals surface area contributed by atoms with E-state index in [1.165, 1.54) is 22.3 Å². The number of fused-ring (bicyclic) bond motifs is 1. The Kier molecular flexibility index (Phi) is 6.78. The number of rotatable bonds is 8. The Hall–Kier alpha value is -1.72. The molecule has 2 bridgehead atoms. The standard InChI is InChI=1S/C28H40N2O2/c1-27(2,3)31-17-15-29-25-23-19-11-7-9-13-21(19)24(22-14-10-8-12-20(22)23)26(25)30-16-18-32-28(4,5)6/h7-14,23-26,29-30H,15-18H2,1-6H3/t23?,24?,25-,26-/m1/s1. The summed E-state index contributed by atoms with van der Waals surface area (Å²) in [4.78, 5) is 0. The fraction of sp³-hybridized carbons (Fsp3) is 0.571. The van der Waals surface area contributed by atoms with E-state index < -0.39 is 0 Å². The summed E-state index contributed by atoms with van der Waals surface area (Å²) in [5.74, 6) is 0.672. The van der Waals surface area contributed by atoms with Gasteiger partial charge in [-0.15, -0.1) is 0 Å². The summed E-state index contributed by atoms with van der Waals surface area (Å²) in [6.07, 6.45) is 0. The lowest BCUT2D eigenvalue weighted by Gasteiger charge is -2.51. The minimum absolute atomic E-state index is 0.117. The van der Waals surface area contributed by atoms with Gasteiger partial charge < -0.3 is 20.1 Å². The summed E-state index contributed by atoms with van der Waals surface area (Å²) in [6.45, 7) is 15.8. The summed E-state index contributed by atoms with van der Waals surface area (Å²) < 4.78 is 12.0. The van der Waals surface area contributed by atoms with E-state index >= 15 is 0 Å². The molecule has 5 rings (SSSR count). The topological polar surface area (TPSA) is 42.5 Å². The van der Waals surface area contributed by atoms with Crippen LogP contribution in [0.4, 0.5) is 0 Å². The molecule has 3 aliphatic rings. The van der Waals surface area contributed by atoms with E-state index in [1.54, 1.807) is 0 Å². The highest BCUT2D eigenvalue weighted by atomic mass is 16.5. The van der Waals surface area contributed by atoms with Crippen molar-refractivity contribution in [2.45, 2.75) is 76.7 Å². The second-order valence-electron chi connectivity index (χ2n) is 11.1. The number of benzene rings is 2. The molecule has 2 aromatic rings. The molecular weight excluding hydrogens is 396 g/mol. The van der Waals surface area contributed by atoms with E-state index in [9.17, 15) is 0 Å². The fourth-order valence-electron chi connectivity index (χ4n) is 5.33. The molecule has 0 spiro atoms. The maximum absolute atomic E-state index is 6.01. The van der Waals surface area contributed by atoms with Crippen molar-refractivity contribution in [3.63, 3.8) is 0 Å². The molecule has 0 saturated carbocycles. The maximum atomic E-state index is 6.01. The van der Waals surface area contributed by atoms with E-state index in [-0.39, 0.29) is 11.2 Å². The second kappa shape index (κ2) is 9.26. The maximum Gasteiger partial charge on any atom is 0.0599 e. The van der Waals surface area contributed by atoms with Crippen LogP contribution in [0.5, 0.6) is 0 Å². The van der Waals surface area contributed by atoms with E-state index in [2.05, 4.69) is 101 Å². The quantitative estimate of drug-likeness (QED) is 0.582. The van der Waals surface area contributed by atoms with Gasteiger partial charge in [-0.1, -0.05) is 48.5 Å². The monoisotopic (exact) mass is 436 g/mol. The van der Waals surface area contributed by atoms with Crippen molar-refractivity contribution in [3.8, 4) is 0 Å². The van der Waals surface area contributed by atoms with Crippen molar-refractivity contribution in [1.82, 2.24) is 10.6 Å². The van der Waals surface area contributed by atoms with E-state index in [0.717, 1.165) is 13.1 Å². The Bertz CT molecular complexity index is 791. The van der Waals surface area contributed by atoms with Gasteiger partial charge in [-0.2, -0.15) is 0 Å². The Balaban J connectivity index is 1.60. The van der Waals surface area contributed by atoms with Crippen LogP contribution in [0.25, 0.3) is 0 Å². The lowest BCUT2D eigenvalue weighted by atomic mass is 9.59. The zero-order chi connectivity index (χ0) is 22.9. The molecule has 174 valence electrons. The van der Waals surface area contributed by atoms with Gasteiger partial charge in [-0.05, 0) is 63.8 Å². The first-order valence-corrected chi connectivity index (χ1v) is 12.1. The zero-order valence-corrected chi connectivity index (χ0v) is 20.6. The Labute approximate surface area is 194 Å². The first kappa shape index (κ1) is 23.4. The summed E-state index contributed by atoms with van der Waals surface area (Å²) >= 11 is 0. The first-order valence-electron chi connectivity index (χ1n) is 12.1. The van der Waals surface area contributed by atoms with Crippen molar-refractivity contribution in [2.75, 3.05) is 26.3 Å². The normalized spacial score (nSPS) is 24.3. The van der Waals surface area contributed by atoms with Gasteiger partial charge in [0.05, 0.1) is 24.4 Å². The predicted molar refractivity (Wildman–Crippen MR) is 132 cm³/mol. The molecule has 4 nitrogen and oxygen atoms in total. The average molecular weight is 437 g/mol. The molecule has 2 N–H and O–H groups in total. The first-order chi connectivity index (χ1) is 15.2. The largest absolute Gasteiger partial charge is 0.375 e. The van der Waals surface area contributed by atoms with Crippen molar-refractivity contribution < 1.29 is 9.47 Å². The molecule has 4 heteroatoms. The van der Waals surface area contributed by atoms with E-state index in [4.69, 9.17) is 9.47 Å². The molecule has 0 radical (unpaired) electrons. The molecule has 0 amide bonds. The molecule has 0 aliphatic heterocycles. The Morgan fingerprint density at radius 2 is 0.906 bits per heavy atom. The van der Waals surface area contributed by atoms with Gasteiger partial charge in [-0.25, -0.2) is 0 Å². The van der Waals surface area contributed by atoms with Gasteiger partial charge in [0.1, 0.15) is 0 Å². The smallest absolute Gasteiger partial charge is 0.0599 e. The van der Waals surface area contributed by atoms with Gasteiger partial charge in [0.15, 0.2) is 0 Å². The van der Waals surface area contributed by atoms with Crippen LogP contribution < -0.4 is 10.6 Å². The van der Waals surface area contributed by atoms with Crippen molar-refractivity contribution in [2.24, 2.45) is 0 Å². The van der Waals surface area contributed by atoms with E-state index in [1.807, 2.05) is 0 Å². The molecule has 32 heavy (non-hydrogen) atoms. The highest BCUT2D eigenvalue weighted by molar-refractivity contribution is 5.58. The third kappa shape index (κ3) is 5.09. The summed E-state index contributed by atoms with van der Waals surface area (Å²) in [5.41, 5.74) is 5.63. The molecule has 2 atom stereocenters. The molecule has 2 aromatic carbocycles. The SMILES string of the molecule is CC(C)(C)OCCN[C@@H]1C2c3ccccc3C(c3ccccc32)[C@H]1NCCOC(C)(C)C. The van der Waals surface area contributed by atoms with Crippen LogP contribution >= 0.6 is 0 Å². The average Bonchev–Trinajstić information content (AvgIpc) is 2.73. The van der Waals surface area contributed by atoms with Gasteiger partial charge in [0.2, 0.25) is 0 Å². The lowest BCUT2D eigenvalue weighted by Crippen LogP contribution is -2.60. The lowest BCUT2D eigenvalue weighted by molar-refractivity contribution is -0.00523. The number of hydrogen-bond acceptors (Lipinski definition) is 4. The van der Waals surface area contributed by atoms with Crippen LogP contribution in [0, 0.1) is 0 Å². The fourth-order valence-corrected chi connectivity index (χ4v) is 5.33. The Morgan fingerprint density at radius 3 is 1.19 bits per heavy atom. The highest BCUT2D eigenvalue weighted by Gasteiger charge is 2.49. The van der Waals surface area contributed by atoms with Crippen LogP contribution in [0.1, 0.15) is 75.6 Å². The third-order valence-electron chi connectivity index (χ3n) is 6.47. The molecule has 0 heterocycles. The van der Waals surface area contributed by atoms with Crippen LogP contribution in [0.15, 0.2) is 48.5 Å². The number of nitrogens with one attached hydrogen (secondary N) is 2. The molecule has 3 aliphatic carbocycles. The molecule has 0 fully saturated rings. The zero-order valence-electron chi connectivity index (χ0n) is 20.6. The summed E-state index contributed by atoms with van der Waals surface area (Å²) in [6, 6.07) is 18.6. The van der Waals surface area contributed by atoms with Gasteiger partial charge in [0, 0.05) is 37.0 Å². The third-order valence-corrected chi connectivity index (χ3v) is 6.47. The van der Waals surface area contributed by atoms with Gasteiger partial charge >= 0.3 is 0 Å². The minimum atomic E-state index is -0.117. The van der Waals surface area contributed by atoms with E-state index in [0.29, 0.717) is 37.1 Å². The highest BCUT2D eigenvalue weighted by Crippen LogP contribution is 2.52.